The van der Waals surface area contributed by atoms with Crippen LogP contribution in [0.5, 0.6) is 0 Å². The zero-order valence-electron chi connectivity index (χ0n) is 13.0. The van der Waals surface area contributed by atoms with E-state index in [0.29, 0.717) is 0 Å². The van der Waals surface area contributed by atoms with E-state index in [2.05, 4.69) is 29.0 Å². The Hall–Kier alpha value is -0.120. The quantitative estimate of drug-likeness (QED) is 0.645. The van der Waals surface area contributed by atoms with Gasteiger partial charge >= 0.3 is 0 Å². The maximum Gasteiger partial charge on any atom is 0.0110 e. The molecular weight excluding hydrogens is 234 g/mol. The molecule has 2 fully saturated rings. The van der Waals surface area contributed by atoms with Gasteiger partial charge in [-0.05, 0) is 44.1 Å². The maximum absolute atomic E-state index is 3.59. The first-order valence-corrected chi connectivity index (χ1v) is 8.39. The van der Waals surface area contributed by atoms with Crippen LogP contribution >= 0.6 is 0 Å². The Morgan fingerprint density at radius 1 is 1.00 bits per heavy atom. The second-order valence-electron chi connectivity index (χ2n) is 6.87. The Kier molecular flexibility index (Phi) is 6.62. The molecule has 3 heteroatoms. The Labute approximate surface area is 119 Å². The smallest absolute Gasteiger partial charge is 0.0110 e. The van der Waals surface area contributed by atoms with Crippen LogP contribution in [0.1, 0.15) is 39.5 Å². The van der Waals surface area contributed by atoms with Crippen LogP contribution in [-0.2, 0) is 0 Å². The lowest BCUT2D eigenvalue weighted by Crippen LogP contribution is -2.48. The van der Waals surface area contributed by atoms with E-state index in [0.717, 1.165) is 11.8 Å². The van der Waals surface area contributed by atoms with E-state index in [4.69, 9.17) is 0 Å². The summed E-state index contributed by atoms with van der Waals surface area (Å²) in [6.07, 6.45) is 5.65. The molecule has 0 aromatic carbocycles. The van der Waals surface area contributed by atoms with Crippen LogP contribution in [0, 0.1) is 11.8 Å². The summed E-state index contributed by atoms with van der Waals surface area (Å²) < 4.78 is 0. The summed E-state index contributed by atoms with van der Waals surface area (Å²) in [5, 5.41) is 3.59. The highest BCUT2D eigenvalue weighted by Crippen LogP contribution is 2.29. The van der Waals surface area contributed by atoms with Gasteiger partial charge in [0.1, 0.15) is 0 Å². The molecule has 0 atom stereocenters. The molecule has 0 unspecified atom stereocenters. The molecule has 1 N–H and O–H groups in total. The summed E-state index contributed by atoms with van der Waals surface area (Å²) in [6.45, 7) is 14.7. The second-order valence-corrected chi connectivity index (χ2v) is 6.87. The Morgan fingerprint density at radius 2 is 1.68 bits per heavy atom. The molecule has 1 saturated carbocycles. The standard InChI is InChI=1S/C16H33N3/c1-15(2)4-3-7-17-8-9-18-10-12-19(13-11-18)14-16-5-6-16/h15-17H,3-14H2,1-2H3. The number of hydrogen-bond donors (Lipinski definition) is 1. The summed E-state index contributed by atoms with van der Waals surface area (Å²) in [4.78, 5) is 5.29. The SMILES string of the molecule is CC(C)CCCNCCN1CCN(CC2CC2)CC1. The number of piperazine rings is 1. The summed E-state index contributed by atoms with van der Waals surface area (Å²) in [6, 6.07) is 0. The lowest BCUT2D eigenvalue weighted by atomic mass is 10.1. The number of nitrogens with zero attached hydrogens (tertiary/aromatic N) is 2. The van der Waals surface area contributed by atoms with Crippen LogP contribution in [0.4, 0.5) is 0 Å². The fourth-order valence-corrected chi connectivity index (χ4v) is 2.86. The molecule has 0 aromatic heterocycles. The summed E-state index contributed by atoms with van der Waals surface area (Å²) in [7, 11) is 0. The molecule has 3 nitrogen and oxygen atoms in total. The van der Waals surface area contributed by atoms with Crippen molar-refractivity contribution in [2.24, 2.45) is 11.8 Å². The van der Waals surface area contributed by atoms with E-state index in [-0.39, 0.29) is 0 Å². The minimum absolute atomic E-state index is 0.848. The summed E-state index contributed by atoms with van der Waals surface area (Å²) in [5.41, 5.74) is 0. The van der Waals surface area contributed by atoms with Gasteiger partial charge in [0.25, 0.3) is 0 Å². The van der Waals surface area contributed by atoms with Gasteiger partial charge in [0.2, 0.25) is 0 Å². The highest BCUT2D eigenvalue weighted by molar-refractivity contribution is 4.80. The van der Waals surface area contributed by atoms with Crippen molar-refractivity contribution in [1.82, 2.24) is 15.1 Å². The van der Waals surface area contributed by atoms with Gasteiger partial charge in [-0.2, -0.15) is 0 Å². The van der Waals surface area contributed by atoms with Gasteiger partial charge in [-0.25, -0.2) is 0 Å². The van der Waals surface area contributed by atoms with E-state index in [9.17, 15) is 0 Å². The molecule has 0 radical (unpaired) electrons. The monoisotopic (exact) mass is 267 g/mol. The molecule has 1 aliphatic heterocycles. The van der Waals surface area contributed by atoms with Crippen molar-refractivity contribution in [1.29, 1.82) is 0 Å². The minimum Gasteiger partial charge on any atom is -0.315 e. The first-order chi connectivity index (χ1) is 9.24. The van der Waals surface area contributed by atoms with Crippen LogP contribution in [0.15, 0.2) is 0 Å². The largest absolute Gasteiger partial charge is 0.315 e. The van der Waals surface area contributed by atoms with Crippen molar-refractivity contribution >= 4 is 0 Å². The molecular formula is C16H33N3. The lowest BCUT2D eigenvalue weighted by molar-refractivity contribution is 0.129. The third kappa shape index (κ3) is 6.73. The van der Waals surface area contributed by atoms with Gasteiger partial charge in [-0.3, -0.25) is 4.90 Å². The highest BCUT2D eigenvalue weighted by atomic mass is 15.3. The van der Waals surface area contributed by atoms with Crippen LogP contribution in [0.3, 0.4) is 0 Å². The Bertz CT molecular complexity index is 230. The molecule has 0 amide bonds. The summed E-state index contributed by atoms with van der Waals surface area (Å²) >= 11 is 0. The van der Waals surface area contributed by atoms with Gasteiger partial charge < -0.3 is 10.2 Å². The van der Waals surface area contributed by atoms with Crippen molar-refractivity contribution in [2.75, 3.05) is 52.4 Å². The van der Waals surface area contributed by atoms with Crippen molar-refractivity contribution in [3.8, 4) is 0 Å². The van der Waals surface area contributed by atoms with E-state index in [1.807, 2.05) is 0 Å². The van der Waals surface area contributed by atoms with Crippen LogP contribution < -0.4 is 5.32 Å². The maximum atomic E-state index is 3.59. The fourth-order valence-electron chi connectivity index (χ4n) is 2.86. The number of nitrogens with one attached hydrogen (secondary N) is 1. The Morgan fingerprint density at radius 3 is 2.32 bits per heavy atom. The van der Waals surface area contributed by atoms with Crippen LogP contribution in [0.2, 0.25) is 0 Å². The van der Waals surface area contributed by atoms with E-state index >= 15 is 0 Å². The van der Waals surface area contributed by atoms with Crippen LogP contribution in [0.25, 0.3) is 0 Å². The molecule has 0 bridgehead atoms. The molecule has 2 rings (SSSR count). The van der Waals surface area contributed by atoms with Crippen molar-refractivity contribution in [2.45, 2.75) is 39.5 Å². The zero-order chi connectivity index (χ0) is 13.5. The molecule has 0 spiro atoms. The summed E-state index contributed by atoms with van der Waals surface area (Å²) in [5.74, 6) is 1.90. The van der Waals surface area contributed by atoms with Gasteiger partial charge in [-0.15, -0.1) is 0 Å². The molecule has 1 heterocycles. The third-order valence-corrected chi connectivity index (χ3v) is 4.42. The van der Waals surface area contributed by atoms with Gasteiger partial charge in [0, 0.05) is 45.8 Å². The fraction of sp³-hybridized carbons (Fsp3) is 1.00. The van der Waals surface area contributed by atoms with E-state index in [1.54, 1.807) is 0 Å². The molecule has 0 aromatic rings. The van der Waals surface area contributed by atoms with E-state index < -0.39 is 0 Å². The molecule has 112 valence electrons. The second kappa shape index (κ2) is 8.23. The predicted octanol–water partition coefficient (Wildman–Crippen LogP) is 2.04. The van der Waals surface area contributed by atoms with Crippen molar-refractivity contribution in [3.05, 3.63) is 0 Å². The normalized spacial score (nSPS) is 22.3. The first-order valence-electron chi connectivity index (χ1n) is 8.39. The zero-order valence-corrected chi connectivity index (χ0v) is 13.0. The molecule has 1 aliphatic carbocycles. The molecule has 2 aliphatic rings. The lowest BCUT2D eigenvalue weighted by Gasteiger charge is -2.34. The third-order valence-electron chi connectivity index (χ3n) is 4.42. The highest BCUT2D eigenvalue weighted by Gasteiger charge is 2.26. The van der Waals surface area contributed by atoms with Crippen molar-refractivity contribution in [3.63, 3.8) is 0 Å². The van der Waals surface area contributed by atoms with Crippen LogP contribution in [-0.4, -0.2) is 62.2 Å². The van der Waals surface area contributed by atoms with Crippen molar-refractivity contribution < 1.29 is 0 Å². The van der Waals surface area contributed by atoms with Gasteiger partial charge in [0.05, 0.1) is 0 Å². The average Bonchev–Trinajstić information content (AvgIpc) is 3.19. The average molecular weight is 267 g/mol. The minimum atomic E-state index is 0.848. The number of hydrogen-bond acceptors (Lipinski definition) is 3. The molecule has 19 heavy (non-hydrogen) atoms. The van der Waals surface area contributed by atoms with E-state index in [1.165, 1.54) is 78.0 Å². The first kappa shape index (κ1) is 15.3. The Balaban J connectivity index is 1.42. The predicted molar refractivity (Wildman–Crippen MR) is 82.5 cm³/mol. The van der Waals surface area contributed by atoms with Gasteiger partial charge in [0.15, 0.2) is 0 Å². The topological polar surface area (TPSA) is 18.5 Å². The van der Waals surface area contributed by atoms with Gasteiger partial charge in [-0.1, -0.05) is 13.8 Å². The number of rotatable bonds is 9. The molecule has 1 saturated heterocycles.